The molecule has 0 bridgehead atoms. The van der Waals surface area contributed by atoms with Gasteiger partial charge in [0.1, 0.15) is 5.82 Å². The third-order valence-corrected chi connectivity index (χ3v) is 3.64. The van der Waals surface area contributed by atoms with Gasteiger partial charge in [-0.2, -0.15) is 0 Å². The minimum atomic E-state index is -1.15. The minimum Gasteiger partial charge on any atom is -0.372 e. The molecule has 1 saturated heterocycles. The molecule has 0 N–H and O–H groups in total. The van der Waals surface area contributed by atoms with Gasteiger partial charge in [0, 0.05) is 4.90 Å². The molecule has 0 spiro atoms. The SMILES string of the molecule is O=S(C[C@@H]1CO1)c1ccc(F)c(Cl)c1. The summed E-state index contributed by atoms with van der Waals surface area (Å²) in [6.07, 6.45) is 0.0969. The highest BCUT2D eigenvalue weighted by Crippen LogP contribution is 2.20. The van der Waals surface area contributed by atoms with Gasteiger partial charge in [-0.1, -0.05) is 11.6 Å². The van der Waals surface area contributed by atoms with E-state index in [1.807, 2.05) is 0 Å². The average Bonchev–Trinajstić information content (AvgIpc) is 2.93. The third kappa shape index (κ3) is 2.32. The van der Waals surface area contributed by atoms with Gasteiger partial charge in [0.15, 0.2) is 0 Å². The predicted octanol–water partition coefficient (Wildman–Crippen LogP) is 1.99. The summed E-state index contributed by atoms with van der Waals surface area (Å²) >= 11 is 5.57. The molecule has 2 rings (SSSR count). The van der Waals surface area contributed by atoms with Crippen LogP contribution in [-0.4, -0.2) is 22.7 Å². The molecule has 2 atom stereocenters. The summed E-state index contributed by atoms with van der Waals surface area (Å²) in [7, 11) is -1.15. The Hall–Kier alpha value is -0.450. The van der Waals surface area contributed by atoms with Crippen molar-refractivity contribution in [1.29, 1.82) is 0 Å². The number of hydrogen-bond acceptors (Lipinski definition) is 2. The molecule has 76 valence electrons. The Morgan fingerprint density at radius 2 is 2.36 bits per heavy atom. The van der Waals surface area contributed by atoms with Gasteiger partial charge in [-0.3, -0.25) is 4.21 Å². The zero-order valence-electron chi connectivity index (χ0n) is 7.20. The van der Waals surface area contributed by atoms with Crippen LogP contribution in [0.15, 0.2) is 23.1 Å². The maximum Gasteiger partial charge on any atom is 0.141 e. The molecule has 0 amide bonds. The number of ether oxygens (including phenoxy) is 1. The molecule has 1 unspecified atom stereocenters. The summed E-state index contributed by atoms with van der Waals surface area (Å²) in [6, 6.07) is 4.11. The molecular weight excluding hydrogens is 227 g/mol. The molecule has 0 radical (unpaired) electrons. The average molecular weight is 235 g/mol. The molecule has 1 aliphatic rings. The lowest BCUT2D eigenvalue weighted by Crippen LogP contribution is -2.04. The second-order valence-corrected chi connectivity index (χ2v) is 4.95. The van der Waals surface area contributed by atoms with Crippen molar-refractivity contribution in [2.75, 3.05) is 12.4 Å². The van der Waals surface area contributed by atoms with Gasteiger partial charge in [-0.15, -0.1) is 0 Å². The van der Waals surface area contributed by atoms with E-state index in [1.54, 1.807) is 0 Å². The summed E-state index contributed by atoms with van der Waals surface area (Å²) in [6.45, 7) is 0.667. The van der Waals surface area contributed by atoms with Crippen LogP contribution in [0.25, 0.3) is 0 Å². The quantitative estimate of drug-likeness (QED) is 0.749. The topological polar surface area (TPSA) is 29.6 Å². The Balaban J connectivity index is 2.14. The molecule has 1 heterocycles. The Morgan fingerprint density at radius 3 is 2.93 bits per heavy atom. The van der Waals surface area contributed by atoms with Crippen molar-refractivity contribution in [3.63, 3.8) is 0 Å². The predicted molar refractivity (Wildman–Crippen MR) is 52.4 cm³/mol. The van der Waals surface area contributed by atoms with Crippen LogP contribution in [-0.2, 0) is 15.5 Å². The second-order valence-electron chi connectivity index (χ2n) is 3.04. The molecule has 0 aromatic heterocycles. The van der Waals surface area contributed by atoms with Crippen molar-refractivity contribution in [2.24, 2.45) is 0 Å². The van der Waals surface area contributed by atoms with E-state index in [-0.39, 0.29) is 11.1 Å². The molecule has 1 aliphatic heterocycles. The Morgan fingerprint density at radius 1 is 1.64 bits per heavy atom. The molecule has 1 fully saturated rings. The first-order valence-electron chi connectivity index (χ1n) is 4.12. The highest BCUT2D eigenvalue weighted by molar-refractivity contribution is 7.85. The van der Waals surface area contributed by atoms with E-state index in [1.165, 1.54) is 18.2 Å². The molecular formula is C9H8ClFO2S. The van der Waals surface area contributed by atoms with Crippen LogP contribution in [0.2, 0.25) is 5.02 Å². The molecule has 0 saturated carbocycles. The number of halogens is 2. The first kappa shape index (κ1) is 10.1. The molecule has 0 aliphatic carbocycles. The van der Waals surface area contributed by atoms with Crippen LogP contribution in [0.3, 0.4) is 0 Å². The van der Waals surface area contributed by atoms with Crippen LogP contribution in [0.5, 0.6) is 0 Å². The van der Waals surface area contributed by atoms with Crippen molar-refractivity contribution in [3.8, 4) is 0 Å². The highest BCUT2D eigenvalue weighted by atomic mass is 35.5. The smallest absolute Gasteiger partial charge is 0.141 e. The van der Waals surface area contributed by atoms with E-state index >= 15 is 0 Å². The van der Waals surface area contributed by atoms with E-state index in [0.717, 1.165) is 0 Å². The standard InChI is InChI=1S/C9H8ClFO2S/c10-8-3-7(1-2-9(8)11)14(12)5-6-4-13-6/h1-3,6H,4-5H2/t6-,14?/m0/s1. The van der Waals surface area contributed by atoms with Gasteiger partial charge in [0.25, 0.3) is 0 Å². The first-order valence-corrected chi connectivity index (χ1v) is 5.81. The number of benzene rings is 1. The zero-order chi connectivity index (χ0) is 10.1. The van der Waals surface area contributed by atoms with Gasteiger partial charge in [0.2, 0.25) is 0 Å². The Kier molecular flexibility index (Phi) is 2.85. The van der Waals surface area contributed by atoms with Crippen molar-refractivity contribution < 1.29 is 13.3 Å². The second kappa shape index (κ2) is 3.96. The van der Waals surface area contributed by atoms with Crippen molar-refractivity contribution >= 4 is 22.4 Å². The van der Waals surface area contributed by atoms with Gasteiger partial charge in [0.05, 0.1) is 34.3 Å². The van der Waals surface area contributed by atoms with Gasteiger partial charge >= 0.3 is 0 Å². The van der Waals surface area contributed by atoms with E-state index in [0.29, 0.717) is 17.3 Å². The van der Waals surface area contributed by atoms with Crippen LogP contribution >= 0.6 is 11.6 Å². The van der Waals surface area contributed by atoms with Crippen molar-refractivity contribution in [3.05, 3.63) is 29.0 Å². The lowest BCUT2D eigenvalue weighted by molar-refractivity contribution is 0.424. The van der Waals surface area contributed by atoms with Crippen LogP contribution in [0.4, 0.5) is 4.39 Å². The molecule has 14 heavy (non-hydrogen) atoms. The Labute approximate surface area is 88.5 Å². The summed E-state index contributed by atoms with van der Waals surface area (Å²) in [4.78, 5) is 0.548. The largest absolute Gasteiger partial charge is 0.372 e. The minimum absolute atomic E-state index is 0.00700. The van der Waals surface area contributed by atoms with Crippen molar-refractivity contribution in [2.45, 2.75) is 11.0 Å². The molecule has 5 heteroatoms. The van der Waals surface area contributed by atoms with Gasteiger partial charge in [-0.25, -0.2) is 4.39 Å². The Bertz CT molecular complexity index is 379. The summed E-state index contributed by atoms with van der Waals surface area (Å²) < 4.78 is 29.3. The van der Waals surface area contributed by atoms with E-state index in [9.17, 15) is 8.60 Å². The third-order valence-electron chi connectivity index (χ3n) is 1.89. The fraction of sp³-hybridized carbons (Fsp3) is 0.333. The van der Waals surface area contributed by atoms with Gasteiger partial charge in [-0.05, 0) is 18.2 Å². The number of rotatable bonds is 3. The zero-order valence-corrected chi connectivity index (χ0v) is 8.78. The first-order chi connectivity index (χ1) is 6.66. The highest BCUT2D eigenvalue weighted by Gasteiger charge is 2.25. The maximum absolute atomic E-state index is 12.8. The monoisotopic (exact) mass is 234 g/mol. The van der Waals surface area contributed by atoms with E-state index < -0.39 is 16.6 Å². The molecule has 1 aromatic rings. The van der Waals surface area contributed by atoms with E-state index in [4.69, 9.17) is 16.3 Å². The van der Waals surface area contributed by atoms with Crippen LogP contribution in [0.1, 0.15) is 0 Å². The number of hydrogen-bond donors (Lipinski definition) is 0. The summed E-state index contributed by atoms with van der Waals surface area (Å²) in [5.41, 5.74) is 0. The lowest BCUT2D eigenvalue weighted by Gasteiger charge is -2.01. The van der Waals surface area contributed by atoms with E-state index in [2.05, 4.69) is 0 Å². The van der Waals surface area contributed by atoms with Crippen LogP contribution in [0, 0.1) is 5.82 Å². The normalized spacial score (nSPS) is 22.0. The van der Waals surface area contributed by atoms with Crippen LogP contribution < -0.4 is 0 Å². The molecule has 1 aromatic carbocycles. The lowest BCUT2D eigenvalue weighted by atomic mass is 10.3. The molecule has 2 nitrogen and oxygen atoms in total. The van der Waals surface area contributed by atoms with Crippen molar-refractivity contribution in [1.82, 2.24) is 0 Å². The fourth-order valence-electron chi connectivity index (χ4n) is 1.05. The fourth-order valence-corrected chi connectivity index (χ4v) is 2.48. The number of epoxide rings is 1. The van der Waals surface area contributed by atoms with Gasteiger partial charge < -0.3 is 4.74 Å². The summed E-state index contributed by atoms with van der Waals surface area (Å²) in [5, 5.41) is 0.00700. The summed E-state index contributed by atoms with van der Waals surface area (Å²) in [5.74, 6) is -0.0304. The maximum atomic E-state index is 12.8.